The lowest BCUT2D eigenvalue weighted by Crippen LogP contribution is -2.45. The average molecular weight is 434 g/mol. The number of nitrogen functional groups attached to an aromatic ring is 1. The number of halogens is 1. The van der Waals surface area contributed by atoms with Gasteiger partial charge in [-0.1, -0.05) is 35.9 Å². The minimum absolute atomic E-state index is 0.285. The molecule has 0 amide bonds. The maximum Gasteiger partial charge on any atom is 0.173 e. The van der Waals surface area contributed by atoms with Crippen LogP contribution in [-0.2, 0) is 6.54 Å². The van der Waals surface area contributed by atoms with Gasteiger partial charge >= 0.3 is 0 Å². The lowest BCUT2D eigenvalue weighted by atomic mass is 10.0. The zero-order chi connectivity index (χ0) is 21.7. The molecule has 0 bridgehead atoms. The first kappa shape index (κ1) is 23.1. The highest BCUT2D eigenvalue weighted by atomic mass is 35.5. The molecule has 6 N–H and O–H groups in total. The highest BCUT2D eigenvalue weighted by molar-refractivity contribution is 7.22. The second-order valence-corrected chi connectivity index (χ2v) is 8.43. The van der Waals surface area contributed by atoms with Crippen LogP contribution in [0.15, 0.2) is 52.0 Å². The molecule has 0 aliphatic carbocycles. The number of hydrogen-bond donors (Lipinski definition) is 3. The molecule has 7 nitrogen and oxygen atoms in total. The number of allylic oxidation sites excluding steroid dienone is 1. The molecule has 0 spiro atoms. The molecule has 0 aliphatic heterocycles. The topological polar surface area (TPSA) is 110 Å². The second-order valence-electron chi connectivity index (χ2n) is 7.16. The van der Waals surface area contributed by atoms with Gasteiger partial charge in [-0.25, -0.2) is 10.8 Å². The molecule has 156 valence electrons. The number of benzene rings is 1. The third kappa shape index (κ3) is 5.67. The molecule has 2 rings (SSSR count). The van der Waals surface area contributed by atoms with Gasteiger partial charge in [0, 0.05) is 23.3 Å². The van der Waals surface area contributed by atoms with E-state index in [0.29, 0.717) is 16.4 Å². The van der Waals surface area contributed by atoms with Gasteiger partial charge in [0.1, 0.15) is 5.82 Å². The Labute approximate surface area is 179 Å². The second kappa shape index (κ2) is 10.0. The van der Waals surface area contributed by atoms with Crippen LogP contribution in [0.4, 0.5) is 5.82 Å². The molecular formula is C20H29ClN7P. The van der Waals surface area contributed by atoms with Gasteiger partial charge in [-0.3, -0.25) is 5.01 Å². The molecule has 0 saturated carbocycles. The van der Waals surface area contributed by atoms with E-state index in [0.717, 1.165) is 23.0 Å². The van der Waals surface area contributed by atoms with Crippen molar-refractivity contribution in [2.45, 2.75) is 26.4 Å². The Balaban J connectivity index is 2.40. The Morgan fingerprint density at radius 1 is 1.24 bits per heavy atom. The molecule has 2 unspecified atom stereocenters. The van der Waals surface area contributed by atoms with Crippen LogP contribution >= 0.6 is 20.8 Å². The summed E-state index contributed by atoms with van der Waals surface area (Å²) in [6, 6.07) is 9.82. The molecule has 1 heterocycles. The van der Waals surface area contributed by atoms with E-state index in [2.05, 4.69) is 48.5 Å². The fourth-order valence-electron chi connectivity index (χ4n) is 2.89. The minimum atomic E-state index is -0.343. The van der Waals surface area contributed by atoms with Crippen LogP contribution in [0.3, 0.4) is 0 Å². The lowest BCUT2D eigenvalue weighted by molar-refractivity contribution is 0.388. The maximum atomic E-state index is 6.36. The largest absolute Gasteiger partial charge is 0.383 e. The number of hydrazone groups is 1. The predicted octanol–water partition coefficient (Wildman–Crippen LogP) is 2.92. The standard InChI is InChI=1S/C20H29ClN7P/c1-12(18(21)13(2)29)28(24)20(26-23)17-9-16(10-25-19(17)22)15-7-5-14(6-8-15)11-27(3)4/h5-10,12H,11,23-24,29H2,1-4H3,(H2,22,25)/b18-13-,26-20-. The number of amidine groups is 1. The van der Waals surface area contributed by atoms with Crippen molar-refractivity contribution in [3.8, 4) is 11.1 Å². The van der Waals surface area contributed by atoms with E-state index in [1.54, 1.807) is 6.20 Å². The highest BCUT2D eigenvalue weighted by Crippen LogP contribution is 2.26. The highest BCUT2D eigenvalue weighted by Gasteiger charge is 2.22. The van der Waals surface area contributed by atoms with Gasteiger partial charge in [0.2, 0.25) is 0 Å². The third-order valence-electron chi connectivity index (χ3n) is 4.47. The molecule has 1 aromatic carbocycles. The summed E-state index contributed by atoms with van der Waals surface area (Å²) in [6.07, 6.45) is 1.72. The predicted molar refractivity (Wildman–Crippen MR) is 126 cm³/mol. The molecule has 0 fully saturated rings. The van der Waals surface area contributed by atoms with Crippen LogP contribution in [0.25, 0.3) is 11.1 Å². The average Bonchev–Trinajstić information content (AvgIpc) is 2.68. The normalized spacial score (nSPS) is 14.0. The van der Waals surface area contributed by atoms with E-state index in [4.69, 9.17) is 29.0 Å². The van der Waals surface area contributed by atoms with Crippen molar-refractivity contribution in [1.82, 2.24) is 14.9 Å². The maximum absolute atomic E-state index is 6.36. The van der Waals surface area contributed by atoms with Crippen molar-refractivity contribution in [2.24, 2.45) is 16.8 Å². The number of pyridine rings is 1. The van der Waals surface area contributed by atoms with E-state index >= 15 is 0 Å². The van der Waals surface area contributed by atoms with Gasteiger partial charge < -0.3 is 16.5 Å². The number of anilines is 1. The first-order valence-electron chi connectivity index (χ1n) is 9.09. The van der Waals surface area contributed by atoms with Crippen molar-refractivity contribution < 1.29 is 0 Å². The Morgan fingerprint density at radius 2 is 1.86 bits per heavy atom. The summed E-state index contributed by atoms with van der Waals surface area (Å²) in [5.74, 6) is 12.5. The van der Waals surface area contributed by atoms with E-state index in [1.165, 1.54) is 10.6 Å². The zero-order valence-electron chi connectivity index (χ0n) is 17.2. The molecule has 0 radical (unpaired) electrons. The van der Waals surface area contributed by atoms with E-state index in [1.807, 2.05) is 34.0 Å². The minimum Gasteiger partial charge on any atom is -0.383 e. The van der Waals surface area contributed by atoms with Crippen molar-refractivity contribution in [3.63, 3.8) is 0 Å². The number of nitrogens with zero attached hydrogens (tertiary/aromatic N) is 4. The summed E-state index contributed by atoms with van der Waals surface area (Å²) in [5, 5.41) is 6.72. The number of nitrogens with two attached hydrogens (primary N) is 3. The van der Waals surface area contributed by atoms with Crippen LogP contribution < -0.4 is 17.4 Å². The van der Waals surface area contributed by atoms with Crippen molar-refractivity contribution >= 4 is 32.5 Å². The first-order chi connectivity index (χ1) is 13.6. The van der Waals surface area contributed by atoms with Gasteiger partial charge in [-0.05, 0) is 50.5 Å². The molecular weight excluding hydrogens is 405 g/mol. The van der Waals surface area contributed by atoms with Crippen molar-refractivity contribution in [2.75, 3.05) is 19.8 Å². The van der Waals surface area contributed by atoms with Crippen LogP contribution in [0, 0.1) is 0 Å². The Morgan fingerprint density at radius 3 is 2.38 bits per heavy atom. The number of hydrazine groups is 1. The summed E-state index contributed by atoms with van der Waals surface area (Å²) >= 11 is 6.36. The van der Waals surface area contributed by atoms with Crippen LogP contribution in [0.1, 0.15) is 25.0 Å². The quantitative estimate of drug-likeness (QED) is 0.212. The van der Waals surface area contributed by atoms with E-state index in [-0.39, 0.29) is 11.9 Å². The molecule has 2 aromatic rings. The summed E-state index contributed by atoms with van der Waals surface area (Å²) < 4.78 is 0. The molecule has 0 aliphatic rings. The van der Waals surface area contributed by atoms with Crippen LogP contribution in [0.2, 0.25) is 0 Å². The fourth-order valence-corrected chi connectivity index (χ4v) is 3.24. The number of aromatic nitrogens is 1. The van der Waals surface area contributed by atoms with Gasteiger partial charge in [-0.2, -0.15) is 5.10 Å². The van der Waals surface area contributed by atoms with Gasteiger partial charge in [0.05, 0.1) is 11.6 Å². The van der Waals surface area contributed by atoms with Crippen molar-refractivity contribution in [3.05, 3.63) is 58.0 Å². The smallest absolute Gasteiger partial charge is 0.173 e. The summed E-state index contributed by atoms with van der Waals surface area (Å²) in [5.41, 5.74) is 9.77. The van der Waals surface area contributed by atoms with Gasteiger partial charge in [0.15, 0.2) is 5.84 Å². The number of rotatable bonds is 6. The molecule has 29 heavy (non-hydrogen) atoms. The van der Waals surface area contributed by atoms with Gasteiger partial charge in [0.25, 0.3) is 0 Å². The van der Waals surface area contributed by atoms with Crippen molar-refractivity contribution in [1.29, 1.82) is 0 Å². The third-order valence-corrected chi connectivity index (χ3v) is 5.58. The lowest BCUT2D eigenvalue weighted by Gasteiger charge is -2.27. The zero-order valence-corrected chi connectivity index (χ0v) is 19.1. The van der Waals surface area contributed by atoms with E-state index in [9.17, 15) is 0 Å². The summed E-state index contributed by atoms with van der Waals surface area (Å²) in [7, 11) is 6.64. The fraction of sp³-hybridized carbons (Fsp3) is 0.300. The molecule has 0 saturated heterocycles. The van der Waals surface area contributed by atoms with Crippen LogP contribution in [0.5, 0.6) is 0 Å². The molecule has 9 heteroatoms. The monoisotopic (exact) mass is 433 g/mol. The van der Waals surface area contributed by atoms with Crippen LogP contribution in [-0.4, -0.2) is 40.9 Å². The van der Waals surface area contributed by atoms with E-state index < -0.39 is 0 Å². The molecule has 2 atom stereocenters. The Hall–Kier alpha value is -2.18. The Kier molecular flexibility index (Phi) is 7.99. The summed E-state index contributed by atoms with van der Waals surface area (Å²) in [6.45, 7) is 4.62. The molecule has 1 aromatic heterocycles. The first-order valence-corrected chi connectivity index (χ1v) is 10.0. The SMILES string of the molecule is C/C(P)=C(/Cl)C(C)N(N)/C(=N\N)c1cc(-c2ccc(CN(C)C)cc2)cnc1N. The Bertz CT molecular complexity index is 906. The number of hydrogen-bond acceptors (Lipinski definition) is 6. The summed E-state index contributed by atoms with van der Waals surface area (Å²) in [4.78, 5) is 6.44. The van der Waals surface area contributed by atoms with Gasteiger partial charge in [-0.15, -0.1) is 9.24 Å².